The summed E-state index contributed by atoms with van der Waals surface area (Å²) in [6.45, 7) is 3.79. The van der Waals surface area contributed by atoms with Gasteiger partial charge in [-0.1, -0.05) is 29.8 Å². The van der Waals surface area contributed by atoms with E-state index in [-0.39, 0.29) is 22.8 Å². The van der Waals surface area contributed by atoms with Crippen molar-refractivity contribution in [3.63, 3.8) is 0 Å². The summed E-state index contributed by atoms with van der Waals surface area (Å²) >= 11 is 0. The molecule has 2 aromatic carbocycles. The summed E-state index contributed by atoms with van der Waals surface area (Å²) in [5.74, 6) is -1.60. The number of benzene rings is 2. The van der Waals surface area contributed by atoms with E-state index in [1.165, 1.54) is 13.2 Å². The maximum atomic E-state index is 13.5. The van der Waals surface area contributed by atoms with Crippen LogP contribution in [0.4, 0.5) is 13.2 Å². The van der Waals surface area contributed by atoms with Gasteiger partial charge in [0.15, 0.2) is 5.78 Å². The molecule has 7 nitrogen and oxygen atoms in total. The first-order valence-electron chi connectivity index (χ1n) is 11.3. The molecule has 11 heteroatoms. The van der Waals surface area contributed by atoms with Crippen molar-refractivity contribution in [3.05, 3.63) is 100 Å². The predicted molar refractivity (Wildman–Crippen MR) is 134 cm³/mol. The Morgan fingerprint density at radius 1 is 0.974 bits per heavy atom. The molecule has 1 aliphatic carbocycles. The number of allylic oxidation sites excluding steroid dienone is 4. The lowest BCUT2D eigenvalue weighted by molar-refractivity contribution is -0.0500. The second-order valence-corrected chi connectivity index (χ2v) is 10.1. The standard InChI is InChI=1S/C27H22F3NO6S/c1-16-9-11-19(17(2)14-16)25(32)20-6-4-7-22(20)31-13-5-8-23(31)26(33)21-12-10-18(15-24(21)36-3)37-38(34,35)27(28,29)30/h4-5,7-15H,6H2,1-3H3. The van der Waals surface area contributed by atoms with Crippen LogP contribution >= 0.6 is 0 Å². The maximum absolute atomic E-state index is 13.5. The van der Waals surface area contributed by atoms with E-state index in [0.717, 1.165) is 29.3 Å². The fourth-order valence-corrected chi connectivity index (χ4v) is 4.61. The summed E-state index contributed by atoms with van der Waals surface area (Å²) in [5.41, 5.74) is -2.09. The average molecular weight is 546 g/mol. The van der Waals surface area contributed by atoms with Crippen LogP contribution in [0.3, 0.4) is 0 Å². The van der Waals surface area contributed by atoms with Crippen LogP contribution < -0.4 is 8.92 Å². The fourth-order valence-electron chi connectivity index (χ4n) is 4.16. The molecule has 0 aliphatic heterocycles. The van der Waals surface area contributed by atoms with Gasteiger partial charge in [-0.25, -0.2) is 0 Å². The van der Waals surface area contributed by atoms with Crippen molar-refractivity contribution in [2.45, 2.75) is 25.8 Å². The van der Waals surface area contributed by atoms with E-state index in [1.54, 1.807) is 29.0 Å². The van der Waals surface area contributed by atoms with E-state index < -0.39 is 27.2 Å². The molecule has 1 heterocycles. The Labute approximate surface area is 216 Å². The summed E-state index contributed by atoms with van der Waals surface area (Å²) in [5, 5.41) is 0. The molecular weight excluding hydrogens is 523 g/mol. The minimum absolute atomic E-state index is 0.0472. The lowest BCUT2D eigenvalue weighted by Gasteiger charge is -2.15. The Kier molecular flexibility index (Phi) is 7.07. The molecule has 1 aromatic heterocycles. The number of Topliss-reactive ketones (excluding diaryl/α,β-unsaturated/α-hetero) is 1. The Morgan fingerprint density at radius 3 is 2.34 bits per heavy atom. The molecule has 0 unspecified atom stereocenters. The Morgan fingerprint density at radius 2 is 1.68 bits per heavy atom. The summed E-state index contributed by atoms with van der Waals surface area (Å²) in [4.78, 5) is 26.9. The molecule has 0 radical (unpaired) electrons. The van der Waals surface area contributed by atoms with Crippen molar-refractivity contribution in [3.8, 4) is 11.5 Å². The molecule has 198 valence electrons. The first kappa shape index (κ1) is 26.9. The van der Waals surface area contributed by atoms with Crippen molar-refractivity contribution in [2.24, 2.45) is 0 Å². The van der Waals surface area contributed by atoms with Crippen LogP contribution in [0.5, 0.6) is 11.5 Å². The summed E-state index contributed by atoms with van der Waals surface area (Å²) in [6, 6.07) is 11.6. The topological polar surface area (TPSA) is 91.7 Å². The first-order chi connectivity index (χ1) is 17.8. The number of ketones is 2. The zero-order valence-electron chi connectivity index (χ0n) is 20.5. The van der Waals surface area contributed by atoms with Gasteiger partial charge in [0.1, 0.15) is 11.5 Å². The lowest BCUT2D eigenvalue weighted by Crippen LogP contribution is -2.28. The van der Waals surface area contributed by atoms with Crippen molar-refractivity contribution in [2.75, 3.05) is 7.11 Å². The maximum Gasteiger partial charge on any atom is 0.534 e. The van der Waals surface area contributed by atoms with Gasteiger partial charge in [0.2, 0.25) is 5.78 Å². The highest BCUT2D eigenvalue weighted by Crippen LogP contribution is 2.33. The first-order valence-corrected chi connectivity index (χ1v) is 12.7. The highest BCUT2D eigenvalue weighted by atomic mass is 32.2. The van der Waals surface area contributed by atoms with Gasteiger partial charge in [-0.15, -0.1) is 0 Å². The smallest absolute Gasteiger partial charge is 0.496 e. The van der Waals surface area contributed by atoms with Crippen LogP contribution in [0.25, 0.3) is 5.70 Å². The van der Waals surface area contributed by atoms with E-state index in [1.807, 2.05) is 32.1 Å². The van der Waals surface area contributed by atoms with Gasteiger partial charge >= 0.3 is 15.6 Å². The van der Waals surface area contributed by atoms with Crippen LogP contribution in [0, 0.1) is 13.8 Å². The van der Waals surface area contributed by atoms with Crippen LogP contribution in [0.2, 0.25) is 0 Å². The average Bonchev–Trinajstić information content (AvgIpc) is 3.51. The van der Waals surface area contributed by atoms with Crippen molar-refractivity contribution in [1.29, 1.82) is 0 Å². The summed E-state index contributed by atoms with van der Waals surface area (Å²) in [7, 11) is -4.73. The Balaban J connectivity index is 1.71. The number of alkyl halides is 3. The number of aromatic nitrogens is 1. The largest absolute Gasteiger partial charge is 0.534 e. The van der Waals surface area contributed by atoms with E-state index in [4.69, 9.17) is 4.74 Å². The molecule has 1 aliphatic rings. The fraction of sp³-hybridized carbons (Fsp3) is 0.185. The number of hydrogen-bond donors (Lipinski definition) is 0. The Bertz CT molecular complexity index is 1610. The minimum atomic E-state index is -5.90. The van der Waals surface area contributed by atoms with Crippen molar-refractivity contribution < 1.29 is 40.1 Å². The monoisotopic (exact) mass is 545 g/mol. The minimum Gasteiger partial charge on any atom is -0.496 e. The van der Waals surface area contributed by atoms with Crippen molar-refractivity contribution in [1.82, 2.24) is 4.57 Å². The number of aryl methyl sites for hydroxylation is 2. The molecule has 0 N–H and O–H groups in total. The van der Waals surface area contributed by atoms with Crippen LogP contribution in [-0.2, 0) is 10.1 Å². The molecule has 0 saturated carbocycles. The molecule has 38 heavy (non-hydrogen) atoms. The van der Waals surface area contributed by atoms with E-state index >= 15 is 0 Å². The predicted octanol–water partition coefficient (Wildman–Crippen LogP) is 5.63. The number of carbonyl (C=O) groups excluding carboxylic acids is 2. The zero-order chi connectivity index (χ0) is 27.8. The van der Waals surface area contributed by atoms with E-state index in [0.29, 0.717) is 23.3 Å². The number of methoxy groups -OCH3 is 1. The number of rotatable bonds is 8. The number of hydrogen-bond acceptors (Lipinski definition) is 6. The molecule has 3 aromatic rings. The molecule has 0 saturated heterocycles. The third kappa shape index (κ3) is 5.01. The van der Waals surface area contributed by atoms with Gasteiger partial charge in [0.25, 0.3) is 0 Å². The van der Waals surface area contributed by atoms with Gasteiger partial charge < -0.3 is 13.5 Å². The SMILES string of the molecule is COc1cc(OS(=O)(=O)C(F)(F)F)ccc1C(=O)c1cccn1C1=C(C(=O)c2ccc(C)cc2C)CC=C1. The molecule has 0 atom stereocenters. The van der Waals surface area contributed by atoms with Gasteiger partial charge in [0, 0.05) is 23.4 Å². The zero-order valence-corrected chi connectivity index (χ0v) is 21.3. The number of ether oxygens (including phenoxy) is 1. The van der Waals surface area contributed by atoms with Crippen molar-refractivity contribution >= 4 is 27.4 Å². The molecule has 0 amide bonds. The van der Waals surface area contributed by atoms with Crippen LogP contribution in [0.15, 0.2) is 72.5 Å². The third-order valence-electron chi connectivity index (χ3n) is 5.96. The third-order valence-corrected chi connectivity index (χ3v) is 6.93. The van der Waals surface area contributed by atoms with Gasteiger partial charge in [-0.2, -0.15) is 21.6 Å². The summed E-state index contributed by atoms with van der Waals surface area (Å²) in [6.07, 6.45) is 5.54. The second-order valence-electron chi connectivity index (χ2n) is 8.56. The highest BCUT2D eigenvalue weighted by molar-refractivity contribution is 7.88. The van der Waals surface area contributed by atoms with Gasteiger partial charge in [-0.05, 0) is 56.2 Å². The highest BCUT2D eigenvalue weighted by Gasteiger charge is 2.48. The quantitative estimate of drug-likeness (QED) is 0.207. The van der Waals surface area contributed by atoms with Gasteiger partial charge in [-0.3, -0.25) is 9.59 Å². The van der Waals surface area contributed by atoms with Crippen LogP contribution in [-0.4, -0.2) is 37.2 Å². The second kappa shape index (κ2) is 9.97. The molecular formula is C27H22F3NO6S. The molecule has 0 fully saturated rings. The molecule has 4 rings (SSSR count). The number of halogens is 3. The molecule has 0 bridgehead atoms. The van der Waals surface area contributed by atoms with Crippen LogP contribution in [0.1, 0.15) is 44.0 Å². The number of nitrogens with zero attached hydrogens (tertiary/aromatic N) is 1. The normalized spacial score (nSPS) is 13.6. The van der Waals surface area contributed by atoms with E-state index in [9.17, 15) is 31.2 Å². The summed E-state index contributed by atoms with van der Waals surface area (Å²) < 4.78 is 71.6. The van der Waals surface area contributed by atoms with Gasteiger partial charge in [0.05, 0.1) is 24.1 Å². The van der Waals surface area contributed by atoms with E-state index in [2.05, 4.69) is 4.18 Å². The Hall–Kier alpha value is -4.12. The number of carbonyl (C=O) groups is 2. The lowest BCUT2D eigenvalue weighted by atomic mass is 9.96. The molecule has 0 spiro atoms.